The molecule has 2 aromatic heterocycles. The van der Waals surface area contributed by atoms with Gasteiger partial charge in [0.25, 0.3) is 5.91 Å². The Kier molecular flexibility index (Phi) is 4.99. The standard InChI is InChI=1S/C16H20ClN5O2/c1-3-11(2)12-8-13(24-20-12)16(23)22-6-4-21(5-7-22)15-9-14(17)18-10-19-15/h8-11H,3-7H2,1-2H3. The van der Waals surface area contributed by atoms with Crippen LogP contribution >= 0.6 is 11.6 Å². The number of piperazine rings is 1. The van der Waals surface area contributed by atoms with Gasteiger partial charge in [0.1, 0.15) is 17.3 Å². The van der Waals surface area contributed by atoms with Gasteiger partial charge in [0.15, 0.2) is 0 Å². The van der Waals surface area contributed by atoms with E-state index < -0.39 is 0 Å². The van der Waals surface area contributed by atoms with E-state index in [9.17, 15) is 4.79 Å². The van der Waals surface area contributed by atoms with E-state index in [4.69, 9.17) is 16.1 Å². The van der Waals surface area contributed by atoms with E-state index in [1.54, 1.807) is 17.0 Å². The maximum atomic E-state index is 12.5. The van der Waals surface area contributed by atoms with Gasteiger partial charge in [0.05, 0.1) is 5.69 Å². The van der Waals surface area contributed by atoms with Crippen LogP contribution in [0.25, 0.3) is 0 Å². The van der Waals surface area contributed by atoms with Crippen molar-refractivity contribution in [3.63, 3.8) is 0 Å². The molecule has 2 aromatic rings. The van der Waals surface area contributed by atoms with Crippen LogP contribution in [0.4, 0.5) is 5.82 Å². The molecule has 1 atom stereocenters. The summed E-state index contributed by atoms with van der Waals surface area (Å²) < 4.78 is 5.24. The van der Waals surface area contributed by atoms with Gasteiger partial charge in [-0.1, -0.05) is 30.6 Å². The van der Waals surface area contributed by atoms with Crippen molar-refractivity contribution in [2.24, 2.45) is 0 Å². The summed E-state index contributed by atoms with van der Waals surface area (Å²) in [7, 11) is 0. The van der Waals surface area contributed by atoms with Crippen LogP contribution in [-0.4, -0.2) is 52.1 Å². The predicted octanol–water partition coefficient (Wildman–Crippen LogP) is 2.59. The van der Waals surface area contributed by atoms with Crippen LogP contribution in [0.2, 0.25) is 5.15 Å². The molecule has 128 valence electrons. The van der Waals surface area contributed by atoms with Gasteiger partial charge in [-0.15, -0.1) is 0 Å². The fourth-order valence-electron chi connectivity index (χ4n) is 2.62. The molecule has 1 aliphatic rings. The normalized spacial score (nSPS) is 16.3. The number of aromatic nitrogens is 3. The molecule has 0 bridgehead atoms. The summed E-state index contributed by atoms with van der Waals surface area (Å²) in [4.78, 5) is 24.5. The number of nitrogens with zero attached hydrogens (tertiary/aromatic N) is 5. The molecule has 1 amide bonds. The molecule has 3 heterocycles. The van der Waals surface area contributed by atoms with Crippen LogP contribution in [0.5, 0.6) is 0 Å². The van der Waals surface area contributed by atoms with Gasteiger partial charge in [-0.25, -0.2) is 9.97 Å². The Labute approximate surface area is 145 Å². The molecule has 7 nitrogen and oxygen atoms in total. The Morgan fingerprint density at radius 2 is 2.04 bits per heavy atom. The number of amides is 1. The molecule has 8 heteroatoms. The van der Waals surface area contributed by atoms with Crippen molar-refractivity contribution in [2.75, 3.05) is 31.1 Å². The fourth-order valence-corrected chi connectivity index (χ4v) is 2.76. The highest BCUT2D eigenvalue weighted by molar-refractivity contribution is 6.29. The van der Waals surface area contributed by atoms with Crippen molar-refractivity contribution in [3.05, 3.63) is 35.1 Å². The van der Waals surface area contributed by atoms with Crippen molar-refractivity contribution in [1.82, 2.24) is 20.0 Å². The SMILES string of the molecule is CCC(C)c1cc(C(=O)N2CCN(c3cc(Cl)ncn3)CC2)on1. The predicted molar refractivity (Wildman–Crippen MR) is 90.4 cm³/mol. The highest BCUT2D eigenvalue weighted by Crippen LogP contribution is 2.20. The summed E-state index contributed by atoms with van der Waals surface area (Å²) in [5.74, 6) is 1.26. The number of rotatable bonds is 4. The molecule has 24 heavy (non-hydrogen) atoms. The molecular formula is C16H20ClN5O2. The van der Waals surface area contributed by atoms with E-state index in [1.807, 2.05) is 0 Å². The average molecular weight is 350 g/mol. The van der Waals surface area contributed by atoms with Crippen molar-refractivity contribution in [2.45, 2.75) is 26.2 Å². The maximum Gasteiger partial charge on any atom is 0.292 e. The van der Waals surface area contributed by atoms with Crippen molar-refractivity contribution >= 4 is 23.3 Å². The number of hydrogen-bond acceptors (Lipinski definition) is 6. The van der Waals surface area contributed by atoms with Gasteiger partial charge < -0.3 is 14.3 Å². The summed E-state index contributed by atoms with van der Waals surface area (Å²) in [5, 5.41) is 4.43. The summed E-state index contributed by atoms with van der Waals surface area (Å²) in [6.07, 6.45) is 2.40. The maximum absolute atomic E-state index is 12.5. The second-order valence-electron chi connectivity index (χ2n) is 5.90. The molecule has 1 aliphatic heterocycles. The minimum atomic E-state index is -0.113. The third-order valence-corrected chi connectivity index (χ3v) is 4.57. The lowest BCUT2D eigenvalue weighted by molar-refractivity contribution is 0.0704. The quantitative estimate of drug-likeness (QED) is 0.790. The first-order valence-corrected chi connectivity index (χ1v) is 8.44. The monoisotopic (exact) mass is 349 g/mol. The lowest BCUT2D eigenvalue weighted by Crippen LogP contribution is -2.49. The van der Waals surface area contributed by atoms with Gasteiger partial charge in [-0.3, -0.25) is 4.79 Å². The van der Waals surface area contributed by atoms with E-state index in [0.717, 1.165) is 17.9 Å². The Balaban J connectivity index is 1.62. The molecule has 0 aliphatic carbocycles. The topological polar surface area (TPSA) is 75.4 Å². The van der Waals surface area contributed by atoms with Gasteiger partial charge in [0.2, 0.25) is 5.76 Å². The van der Waals surface area contributed by atoms with E-state index in [0.29, 0.717) is 37.1 Å². The second kappa shape index (κ2) is 7.17. The van der Waals surface area contributed by atoms with Crippen LogP contribution in [0, 0.1) is 0 Å². The van der Waals surface area contributed by atoms with Crippen molar-refractivity contribution in [3.8, 4) is 0 Å². The number of carbonyl (C=O) groups is 1. The van der Waals surface area contributed by atoms with Crippen LogP contribution in [0.3, 0.4) is 0 Å². The molecule has 1 fully saturated rings. The van der Waals surface area contributed by atoms with Crippen LogP contribution < -0.4 is 4.90 Å². The zero-order chi connectivity index (χ0) is 17.1. The third-order valence-electron chi connectivity index (χ3n) is 4.37. The molecule has 0 aromatic carbocycles. The number of halogens is 1. The third kappa shape index (κ3) is 3.51. The van der Waals surface area contributed by atoms with E-state index in [1.165, 1.54) is 6.33 Å². The Bertz CT molecular complexity index is 712. The highest BCUT2D eigenvalue weighted by Gasteiger charge is 2.26. The first kappa shape index (κ1) is 16.7. The van der Waals surface area contributed by atoms with Crippen LogP contribution in [0.1, 0.15) is 42.4 Å². The zero-order valence-electron chi connectivity index (χ0n) is 13.8. The van der Waals surface area contributed by atoms with E-state index in [-0.39, 0.29) is 11.8 Å². The lowest BCUT2D eigenvalue weighted by atomic mass is 10.1. The Hall–Kier alpha value is -2.15. The molecule has 1 saturated heterocycles. The molecular weight excluding hydrogens is 330 g/mol. The molecule has 0 saturated carbocycles. The summed E-state index contributed by atoms with van der Waals surface area (Å²) >= 11 is 5.90. The largest absolute Gasteiger partial charge is 0.353 e. The number of hydrogen-bond donors (Lipinski definition) is 0. The fraction of sp³-hybridized carbons (Fsp3) is 0.500. The summed E-state index contributed by atoms with van der Waals surface area (Å²) in [6.45, 7) is 6.72. The first-order valence-electron chi connectivity index (χ1n) is 8.07. The van der Waals surface area contributed by atoms with E-state index >= 15 is 0 Å². The summed E-state index contributed by atoms with van der Waals surface area (Å²) in [6, 6.07) is 3.49. The lowest BCUT2D eigenvalue weighted by Gasteiger charge is -2.34. The molecule has 0 N–H and O–H groups in total. The van der Waals surface area contributed by atoms with Gasteiger partial charge in [-0.05, 0) is 6.42 Å². The Morgan fingerprint density at radius 1 is 1.29 bits per heavy atom. The van der Waals surface area contributed by atoms with Gasteiger partial charge in [0, 0.05) is 44.2 Å². The Morgan fingerprint density at radius 3 is 2.71 bits per heavy atom. The second-order valence-corrected chi connectivity index (χ2v) is 6.29. The van der Waals surface area contributed by atoms with Crippen LogP contribution in [-0.2, 0) is 0 Å². The number of anilines is 1. The molecule has 0 spiro atoms. The van der Waals surface area contributed by atoms with Gasteiger partial charge >= 0.3 is 0 Å². The van der Waals surface area contributed by atoms with Crippen molar-refractivity contribution < 1.29 is 9.32 Å². The zero-order valence-corrected chi connectivity index (χ0v) is 14.5. The average Bonchev–Trinajstić information content (AvgIpc) is 3.10. The first-order chi connectivity index (χ1) is 11.6. The van der Waals surface area contributed by atoms with Gasteiger partial charge in [-0.2, -0.15) is 0 Å². The minimum absolute atomic E-state index is 0.113. The van der Waals surface area contributed by atoms with E-state index in [2.05, 4.69) is 33.9 Å². The molecule has 3 rings (SSSR count). The number of carbonyl (C=O) groups excluding carboxylic acids is 1. The molecule has 0 radical (unpaired) electrons. The molecule has 1 unspecified atom stereocenters. The van der Waals surface area contributed by atoms with Crippen LogP contribution in [0.15, 0.2) is 23.0 Å². The smallest absolute Gasteiger partial charge is 0.292 e. The minimum Gasteiger partial charge on any atom is -0.353 e. The summed E-state index contributed by atoms with van der Waals surface area (Å²) in [5.41, 5.74) is 0.829. The van der Waals surface area contributed by atoms with Crippen molar-refractivity contribution in [1.29, 1.82) is 0 Å². The highest BCUT2D eigenvalue weighted by atomic mass is 35.5.